The molecule has 1 aliphatic heterocycles. The summed E-state index contributed by atoms with van der Waals surface area (Å²) in [5.74, 6) is 0. The van der Waals surface area contributed by atoms with Gasteiger partial charge in [-0.1, -0.05) is 19.3 Å². The Kier molecular flexibility index (Phi) is 4.90. The van der Waals surface area contributed by atoms with Crippen molar-refractivity contribution >= 4 is 0 Å². The molecule has 15 heavy (non-hydrogen) atoms. The van der Waals surface area contributed by atoms with Crippen LogP contribution in [-0.4, -0.2) is 50.2 Å². The molecule has 0 unspecified atom stereocenters. The van der Waals surface area contributed by atoms with E-state index in [1.165, 1.54) is 71.4 Å². The number of hydrogen-bond donors (Lipinski definition) is 2. The van der Waals surface area contributed by atoms with E-state index in [0.29, 0.717) is 0 Å². The van der Waals surface area contributed by atoms with Crippen molar-refractivity contribution in [3.63, 3.8) is 0 Å². The second kappa shape index (κ2) is 6.46. The van der Waals surface area contributed by atoms with Gasteiger partial charge in [0, 0.05) is 45.3 Å². The van der Waals surface area contributed by atoms with Crippen LogP contribution in [0.4, 0.5) is 0 Å². The van der Waals surface area contributed by atoms with Gasteiger partial charge in [-0.2, -0.15) is 0 Å². The van der Waals surface area contributed by atoms with Gasteiger partial charge in [-0.15, -0.1) is 0 Å². The first-order valence-corrected chi connectivity index (χ1v) is 6.61. The van der Waals surface area contributed by atoms with Crippen LogP contribution in [-0.2, 0) is 0 Å². The molecule has 2 N–H and O–H groups in total. The first-order chi connectivity index (χ1) is 7.45. The molecular formula is C12H25N3. The van der Waals surface area contributed by atoms with E-state index in [1.54, 1.807) is 0 Å². The highest BCUT2D eigenvalue weighted by molar-refractivity contribution is 4.74. The largest absolute Gasteiger partial charge is 0.314 e. The van der Waals surface area contributed by atoms with E-state index in [1.807, 2.05) is 0 Å². The Bertz CT molecular complexity index is 142. The monoisotopic (exact) mass is 211 g/mol. The van der Waals surface area contributed by atoms with Crippen molar-refractivity contribution in [2.24, 2.45) is 0 Å². The van der Waals surface area contributed by atoms with Gasteiger partial charge in [-0.25, -0.2) is 0 Å². The molecule has 3 heteroatoms. The van der Waals surface area contributed by atoms with E-state index >= 15 is 0 Å². The van der Waals surface area contributed by atoms with Crippen molar-refractivity contribution in [2.75, 3.05) is 39.3 Å². The molecule has 0 spiro atoms. The van der Waals surface area contributed by atoms with Crippen LogP contribution in [0.3, 0.4) is 0 Å². The molecule has 0 atom stereocenters. The Morgan fingerprint density at radius 2 is 1.80 bits per heavy atom. The van der Waals surface area contributed by atoms with Crippen molar-refractivity contribution in [3.05, 3.63) is 0 Å². The highest BCUT2D eigenvalue weighted by Gasteiger charge is 2.13. The fourth-order valence-corrected chi connectivity index (χ4v) is 2.67. The Morgan fingerprint density at radius 3 is 2.53 bits per heavy atom. The number of rotatable bonds is 4. The second-order valence-electron chi connectivity index (χ2n) is 4.88. The lowest BCUT2D eigenvalue weighted by atomic mass is 9.95. The smallest absolute Gasteiger partial charge is 0.0108 e. The van der Waals surface area contributed by atoms with E-state index in [0.717, 1.165) is 6.04 Å². The van der Waals surface area contributed by atoms with Crippen molar-refractivity contribution in [1.29, 1.82) is 0 Å². The summed E-state index contributed by atoms with van der Waals surface area (Å²) >= 11 is 0. The zero-order chi connectivity index (χ0) is 10.3. The molecule has 0 aromatic heterocycles. The Balaban J connectivity index is 1.53. The van der Waals surface area contributed by atoms with Crippen LogP contribution >= 0.6 is 0 Å². The first kappa shape index (κ1) is 11.4. The highest BCUT2D eigenvalue weighted by atomic mass is 15.2. The average Bonchev–Trinajstić information content (AvgIpc) is 2.32. The molecule has 0 radical (unpaired) electrons. The van der Waals surface area contributed by atoms with Gasteiger partial charge in [-0.05, 0) is 12.8 Å². The standard InChI is InChI=1S/C12H25N3/c1-2-4-12(5-3-1)14-8-11-15-9-6-13-7-10-15/h12-14H,1-11H2. The van der Waals surface area contributed by atoms with E-state index in [9.17, 15) is 0 Å². The second-order valence-corrected chi connectivity index (χ2v) is 4.88. The zero-order valence-corrected chi connectivity index (χ0v) is 9.80. The summed E-state index contributed by atoms with van der Waals surface area (Å²) in [6.45, 7) is 7.22. The van der Waals surface area contributed by atoms with E-state index in [-0.39, 0.29) is 0 Å². The van der Waals surface area contributed by atoms with Gasteiger partial charge in [0.1, 0.15) is 0 Å². The van der Waals surface area contributed by atoms with E-state index < -0.39 is 0 Å². The fourth-order valence-electron chi connectivity index (χ4n) is 2.67. The van der Waals surface area contributed by atoms with Crippen LogP contribution in [0.15, 0.2) is 0 Å². The van der Waals surface area contributed by atoms with Gasteiger partial charge in [-0.3, -0.25) is 4.90 Å². The third kappa shape index (κ3) is 4.09. The first-order valence-electron chi connectivity index (χ1n) is 6.61. The number of piperazine rings is 1. The Morgan fingerprint density at radius 1 is 1.07 bits per heavy atom. The highest BCUT2D eigenvalue weighted by Crippen LogP contribution is 2.16. The van der Waals surface area contributed by atoms with Gasteiger partial charge in [0.05, 0.1) is 0 Å². The molecule has 1 saturated heterocycles. The van der Waals surface area contributed by atoms with Gasteiger partial charge in [0.2, 0.25) is 0 Å². The topological polar surface area (TPSA) is 27.3 Å². The Labute approximate surface area is 93.6 Å². The Hall–Kier alpha value is -0.120. The molecule has 0 aromatic carbocycles. The third-order valence-electron chi connectivity index (χ3n) is 3.68. The molecule has 2 rings (SSSR count). The SMILES string of the molecule is C1CCC(NCCN2CCNCC2)CC1. The van der Waals surface area contributed by atoms with Crippen LogP contribution in [0, 0.1) is 0 Å². The molecule has 1 aliphatic carbocycles. The summed E-state index contributed by atoms with van der Waals surface area (Å²) < 4.78 is 0. The quantitative estimate of drug-likeness (QED) is 0.721. The molecule has 1 heterocycles. The number of nitrogens with zero attached hydrogens (tertiary/aromatic N) is 1. The molecule has 3 nitrogen and oxygen atoms in total. The lowest BCUT2D eigenvalue weighted by Gasteiger charge is -2.29. The van der Waals surface area contributed by atoms with Crippen molar-refractivity contribution < 1.29 is 0 Å². The molecule has 1 saturated carbocycles. The molecule has 88 valence electrons. The lowest BCUT2D eigenvalue weighted by Crippen LogP contribution is -2.46. The van der Waals surface area contributed by atoms with Gasteiger partial charge >= 0.3 is 0 Å². The summed E-state index contributed by atoms with van der Waals surface area (Å²) in [6.07, 6.45) is 7.13. The van der Waals surface area contributed by atoms with Gasteiger partial charge < -0.3 is 10.6 Å². The van der Waals surface area contributed by atoms with Crippen LogP contribution in [0.2, 0.25) is 0 Å². The number of nitrogens with one attached hydrogen (secondary N) is 2. The summed E-state index contributed by atoms with van der Waals surface area (Å²) in [7, 11) is 0. The summed E-state index contributed by atoms with van der Waals surface area (Å²) in [4.78, 5) is 2.56. The molecule has 0 amide bonds. The summed E-state index contributed by atoms with van der Waals surface area (Å²) in [5.41, 5.74) is 0. The van der Waals surface area contributed by atoms with Crippen molar-refractivity contribution in [2.45, 2.75) is 38.1 Å². The maximum Gasteiger partial charge on any atom is 0.0108 e. The van der Waals surface area contributed by atoms with Crippen LogP contribution in [0.25, 0.3) is 0 Å². The minimum Gasteiger partial charge on any atom is -0.314 e. The average molecular weight is 211 g/mol. The van der Waals surface area contributed by atoms with Crippen LogP contribution < -0.4 is 10.6 Å². The minimum absolute atomic E-state index is 0.821. The van der Waals surface area contributed by atoms with Crippen molar-refractivity contribution in [1.82, 2.24) is 15.5 Å². The van der Waals surface area contributed by atoms with E-state index in [4.69, 9.17) is 0 Å². The third-order valence-corrected chi connectivity index (χ3v) is 3.68. The lowest BCUT2D eigenvalue weighted by molar-refractivity contribution is 0.234. The van der Waals surface area contributed by atoms with Crippen molar-refractivity contribution in [3.8, 4) is 0 Å². The minimum atomic E-state index is 0.821. The van der Waals surface area contributed by atoms with Crippen LogP contribution in [0.5, 0.6) is 0 Å². The molecule has 2 aliphatic rings. The maximum atomic E-state index is 3.71. The van der Waals surface area contributed by atoms with Gasteiger partial charge in [0.25, 0.3) is 0 Å². The molecular weight excluding hydrogens is 186 g/mol. The maximum absolute atomic E-state index is 3.71. The fraction of sp³-hybridized carbons (Fsp3) is 1.00. The zero-order valence-electron chi connectivity index (χ0n) is 9.80. The van der Waals surface area contributed by atoms with Gasteiger partial charge in [0.15, 0.2) is 0 Å². The van der Waals surface area contributed by atoms with Crippen LogP contribution in [0.1, 0.15) is 32.1 Å². The normalized spacial score (nSPS) is 25.6. The predicted octanol–water partition coefficient (Wildman–Crippen LogP) is 0.814. The number of hydrogen-bond acceptors (Lipinski definition) is 3. The van der Waals surface area contributed by atoms with E-state index in [2.05, 4.69) is 15.5 Å². The predicted molar refractivity (Wildman–Crippen MR) is 64.2 cm³/mol. The summed E-state index contributed by atoms with van der Waals surface area (Å²) in [6, 6.07) is 0.821. The molecule has 0 aromatic rings. The molecule has 0 bridgehead atoms. The summed E-state index contributed by atoms with van der Waals surface area (Å²) in [5, 5.41) is 7.10. The molecule has 2 fully saturated rings.